The number of hydrogen-bond acceptors (Lipinski definition) is 2. The van der Waals surface area contributed by atoms with Crippen molar-refractivity contribution in [3.05, 3.63) is 0 Å². The molecule has 0 bridgehead atoms. The highest BCUT2D eigenvalue weighted by molar-refractivity contribution is 6.52. The second-order valence-electron chi connectivity index (χ2n) is 13.3. The van der Waals surface area contributed by atoms with E-state index in [9.17, 15) is 4.79 Å². The Morgan fingerprint density at radius 3 is 2.30 bits per heavy atom. The Morgan fingerprint density at radius 1 is 0.909 bits per heavy atom. The largest absolute Gasteiger partial charge is 0.460 e. The predicted molar refractivity (Wildman–Crippen MR) is 138 cm³/mol. The summed E-state index contributed by atoms with van der Waals surface area (Å²) in [6, 6.07) is 0. The maximum atomic E-state index is 11.9. The van der Waals surface area contributed by atoms with Crippen molar-refractivity contribution >= 4 is 29.2 Å². The van der Waals surface area contributed by atoms with E-state index in [0.29, 0.717) is 16.7 Å². The van der Waals surface area contributed by atoms with Crippen molar-refractivity contribution < 1.29 is 9.53 Å². The first-order valence-electron chi connectivity index (χ1n) is 14.0. The van der Waals surface area contributed by atoms with Crippen molar-refractivity contribution in [2.45, 2.75) is 123 Å². The van der Waals surface area contributed by atoms with Crippen LogP contribution in [0.25, 0.3) is 0 Å². The zero-order valence-electron chi connectivity index (χ0n) is 21.8. The Hall–Kier alpha value is 0.0500. The van der Waals surface area contributed by atoms with Gasteiger partial charge >= 0.3 is 5.97 Å². The van der Waals surface area contributed by atoms with E-state index in [1.165, 1.54) is 64.2 Å². The van der Waals surface area contributed by atoms with Crippen molar-refractivity contribution in [2.24, 2.45) is 52.3 Å². The Kier molecular flexibility index (Phi) is 8.07. The number of rotatable bonds is 7. The van der Waals surface area contributed by atoms with Crippen LogP contribution in [0.4, 0.5) is 0 Å². The van der Waals surface area contributed by atoms with Gasteiger partial charge in [0.1, 0.15) is 6.10 Å². The van der Waals surface area contributed by atoms with Gasteiger partial charge in [0.15, 0.2) is 0 Å². The Balaban J connectivity index is 1.41. The minimum atomic E-state index is -1.06. The Morgan fingerprint density at radius 2 is 1.61 bits per heavy atom. The molecule has 4 heteroatoms. The molecule has 190 valence electrons. The van der Waals surface area contributed by atoms with Crippen LogP contribution in [0.3, 0.4) is 0 Å². The smallest absolute Gasteiger partial charge is 0.339 e. The lowest BCUT2D eigenvalue weighted by Crippen LogP contribution is -2.54. The predicted octanol–water partition coefficient (Wildman–Crippen LogP) is 8.82. The molecule has 0 unspecified atom stereocenters. The quantitative estimate of drug-likeness (QED) is 0.258. The zero-order chi connectivity index (χ0) is 24.0. The molecular weight excluding hydrogens is 451 g/mol. The fourth-order valence-corrected chi connectivity index (χ4v) is 9.67. The molecule has 0 radical (unpaired) electrons. The van der Waals surface area contributed by atoms with E-state index in [1.807, 2.05) is 0 Å². The van der Waals surface area contributed by atoms with Crippen molar-refractivity contribution in [2.75, 3.05) is 0 Å². The first-order chi connectivity index (χ1) is 15.6. The van der Waals surface area contributed by atoms with Gasteiger partial charge in [-0.2, -0.15) is 0 Å². The monoisotopic (exact) mass is 498 g/mol. The van der Waals surface area contributed by atoms with Gasteiger partial charge in [0.25, 0.3) is 0 Å². The summed E-state index contributed by atoms with van der Waals surface area (Å²) >= 11 is 11.5. The van der Waals surface area contributed by atoms with E-state index >= 15 is 0 Å². The van der Waals surface area contributed by atoms with E-state index in [2.05, 4.69) is 34.6 Å². The third-order valence-electron chi connectivity index (χ3n) is 11.3. The van der Waals surface area contributed by atoms with E-state index in [1.54, 1.807) is 0 Å². The van der Waals surface area contributed by atoms with Crippen molar-refractivity contribution in [3.8, 4) is 0 Å². The Labute approximate surface area is 213 Å². The average Bonchev–Trinajstić information content (AvgIpc) is 3.11. The third kappa shape index (κ3) is 5.00. The molecule has 9 atom stereocenters. The maximum Gasteiger partial charge on any atom is 0.339 e. The summed E-state index contributed by atoms with van der Waals surface area (Å²) < 4.78 is 5.65. The summed E-state index contributed by atoms with van der Waals surface area (Å²) in [6.07, 6.45) is 15.8. The van der Waals surface area contributed by atoms with Crippen LogP contribution in [0, 0.1) is 52.3 Å². The summed E-state index contributed by atoms with van der Waals surface area (Å²) in [7, 11) is 0. The lowest BCUT2D eigenvalue weighted by Gasteiger charge is -2.61. The van der Waals surface area contributed by atoms with Gasteiger partial charge in [-0.1, -0.05) is 77.1 Å². The van der Waals surface area contributed by atoms with Gasteiger partial charge in [0.2, 0.25) is 4.84 Å². The lowest BCUT2D eigenvalue weighted by molar-refractivity contribution is -0.161. The molecule has 4 aliphatic rings. The molecule has 2 nitrogen and oxygen atoms in total. The highest BCUT2D eigenvalue weighted by Gasteiger charge is 2.60. The minimum Gasteiger partial charge on any atom is -0.460 e. The molecule has 0 saturated heterocycles. The fraction of sp³-hybridized carbons (Fsp3) is 0.966. The number of hydrogen-bond donors (Lipinski definition) is 0. The lowest BCUT2D eigenvalue weighted by atomic mass is 9.44. The normalized spacial score (nSPS) is 43.7. The molecule has 0 aromatic carbocycles. The molecule has 4 aliphatic carbocycles. The molecular formula is C29H48Cl2O2. The van der Waals surface area contributed by atoms with Crippen molar-refractivity contribution in [1.82, 2.24) is 0 Å². The van der Waals surface area contributed by atoms with Crippen LogP contribution in [-0.2, 0) is 9.53 Å². The van der Waals surface area contributed by atoms with Crippen LogP contribution in [0.15, 0.2) is 0 Å². The molecule has 0 aromatic rings. The molecule has 0 amide bonds. The van der Waals surface area contributed by atoms with Gasteiger partial charge < -0.3 is 4.74 Å². The van der Waals surface area contributed by atoms with Crippen LogP contribution in [0.2, 0.25) is 0 Å². The molecule has 4 fully saturated rings. The minimum absolute atomic E-state index is 0.00327. The van der Waals surface area contributed by atoms with Gasteiger partial charge in [-0.25, -0.2) is 4.79 Å². The van der Waals surface area contributed by atoms with Crippen LogP contribution in [0.5, 0.6) is 0 Å². The highest BCUT2D eigenvalue weighted by atomic mass is 35.5. The molecule has 33 heavy (non-hydrogen) atoms. The summed E-state index contributed by atoms with van der Waals surface area (Å²) in [6.45, 7) is 12.6. The molecule has 0 heterocycles. The van der Waals surface area contributed by atoms with Crippen LogP contribution in [0.1, 0.15) is 112 Å². The van der Waals surface area contributed by atoms with E-state index in [-0.39, 0.29) is 6.10 Å². The first-order valence-corrected chi connectivity index (χ1v) is 14.9. The fourth-order valence-electron chi connectivity index (χ4n) is 9.57. The van der Waals surface area contributed by atoms with Crippen LogP contribution < -0.4 is 0 Å². The van der Waals surface area contributed by atoms with Crippen LogP contribution in [-0.4, -0.2) is 16.9 Å². The van der Waals surface area contributed by atoms with E-state index in [4.69, 9.17) is 27.9 Å². The van der Waals surface area contributed by atoms with Gasteiger partial charge in [-0.15, -0.1) is 0 Å². The summed E-state index contributed by atoms with van der Waals surface area (Å²) in [5, 5.41) is 0. The molecule has 4 rings (SSSR count). The standard InChI is InChI=1S/C29H48Cl2O2/c1-18(2)7-6-8-19(3)23-11-12-24-22-10-9-20-17-21(33-27(32)26(30)31)13-15-28(20,4)25(22)14-16-29(23,24)5/h18-26H,6-17H2,1-5H3/t19-,20+,21-,22+,23+,24-,25+,28+,29-/m1/s1. The van der Waals surface area contributed by atoms with E-state index < -0.39 is 10.8 Å². The van der Waals surface area contributed by atoms with Gasteiger partial charge in [0, 0.05) is 0 Å². The Bertz CT molecular complexity index is 693. The average molecular weight is 500 g/mol. The SMILES string of the molecule is CC(C)CCC[C@@H](C)[C@@H]1CC[C@@H]2[C@@H]3CC[C@H]4C[C@H](OC(=O)C(Cl)Cl)CC[C@]4(C)[C@H]3CC[C@@]21C. The number of carbonyl (C=O) groups excluding carboxylic acids is 1. The third-order valence-corrected chi connectivity index (χ3v) is 11.6. The van der Waals surface area contributed by atoms with Crippen molar-refractivity contribution in [1.29, 1.82) is 0 Å². The van der Waals surface area contributed by atoms with Crippen LogP contribution >= 0.6 is 23.2 Å². The molecule has 0 spiro atoms. The summed E-state index contributed by atoms with van der Waals surface area (Å²) in [4.78, 5) is 10.9. The summed E-state index contributed by atoms with van der Waals surface area (Å²) in [5.74, 6) is 5.53. The summed E-state index contributed by atoms with van der Waals surface area (Å²) in [5.41, 5.74) is 0.972. The number of halogens is 2. The van der Waals surface area contributed by atoms with Crippen molar-refractivity contribution in [3.63, 3.8) is 0 Å². The maximum absolute atomic E-state index is 11.9. The van der Waals surface area contributed by atoms with E-state index in [0.717, 1.165) is 48.3 Å². The second-order valence-corrected chi connectivity index (χ2v) is 14.4. The molecule has 0 N–H and O–H groups in total. The molecule has 4 saturated carbocycles. The highest BCUT2D eigenvalue weighted by Crippen LogP contribution is 2.68. The van der Waals surface area contributed by atoms with Gasteiger partial charge in [-0.05, 0) is 110 Å². The number of carbonyl (C=O) groups is 1. The molecule has 0 aliphatic heterocycles. The number of esters is 1. The number of ether oxygens (including phenoxy) is 1. The molecule has 0 aromatic heterocycles. The topological polar surface area (TPSA) is 26.3 Å². The zero-order valence-corrected chi connectivity index (χ0v) is 23.3. The van der Waals surface area contributed by atoms with Gasteiger partial charge in [0.05, 0.1) is 0 Å². The van der Waals surface area contributed by atoms with Gasteiger partial charge in [-0.3, -0.25) is 0 Å². The second kappa shape index (κ2) is 10.2. The first kappa shape index (κ1) is 26.1. The number of alkyl halides is 2. The number of fused-ring (bicyclic) bond motifs is 5.